The Labute approximate surface area is 118 Å². The molecule has 19 heavy (non-hydrogen) atoms. The van der Waals surface area contributed by atoms with Gasteiger partial charge < -0.3 is 4.98 Å². The number of aromatic amines is 1. The van der Waals surface area contributed by atoms with E-state index in [1.807, 2.05) is 48.5 Å². The van der Waals surface area contributed by atoms with E-state index < -0.39 is 0 Å². The maximum Gasteiger partial charge on any atom is 0.222 e. The molecule has 3 aromatic rings. The summed E-state index contributed by atoms with van der Waals surface area (Å²) in [5.74, 6) is 0.632. The van der Waals surface area contributed by atoms with E-state index in [-0.39, 0.29) is 0 Å². The van der Waals surface area contributed by atoms with Gasteiger partial charge in [-0.05, 0) is 29.8 Å². The standard InChI is InChI=1S/C14H11BrN4/c15-11-5-3-4-10(8-11)9-16-19-14-17-12-6-1-2-7-13(12)18-14/h1-9H,(H2,17,18,19)/b16-9-. The quantitative estimate of drug-likeness (QED) is 0.571. The van der Waals surface area contributed by atoms with Gasteiger partial charge in [-0.3, -0.25) is 0 Å². The molecule has 5 heteroatoms. The molecule has 0 saturated heterocycles. The second-order valence-electron chi connectivity index (χ2n) is 4.03. The Kier molecular flexibility index (Phi) is 3.29. The van der Waals surface area contributed by atoms with Crippen molar-refractivity contribution in [2.45, 2.75) is 0 Å². The van der Waals surface area contributed by atoms with Crippen molar-refractivity contribution in [3.63, 3.8) is 0 Å². The Morgan fingerprint density at radius 3 is 2.89 bits per heavy atom. The summed E-state index contributed by atoms with van der Waals surface area (Å²) in [6.45, 7) is 0. The Hall–Kier alpha value is -2.14. The van der Waals surface area contributed by atoms with Crippen LogP contribution in [0.2, 0.25) is 0 Å². The summed E-state index contributed by atoms with van der Waals surface area (Å²) in [5.41, 5.74) is 5.81. The van der Waals surface area contributed by atoms with Gasteiger partial charge in [0.1, 0.15) is 0 Å². The van der Waals surface area contributed by atoms with Gasteiger partial charge in [-0.1, -0.05) is 40.2 Å². The number of nitrogens with one attached hydrogen (secondary N) is 2. The molecular formula is C14H11BrN4. The fourth-order valence-corrected chi connectivity index (χ4v) is 2.18. The van der Waals surface area contributed by atoms with Gasteiger partial charge in [0.25, 0.3) is 0 Å². The minimum atomic E-state index is 0.632. The van der Waals surface area contributed by atoms with E-state index in [0.717, 1.165) is 21.1 Å². The third kappa shape index (κ3) is 2.82. The van der Waals surface area contributed by atoms with Gasteiger partial charge in [-0.25, -0.2) is 10.4 Å². The van der Waals surface area contributed by atoms with E-state index in [9.17, 15) is 0 Å². The number of hydrazone groups is 1. The Morgan fingerprint density at radius 2 is 2.05 bits per heavy atom. The lowest BCUT2D eigenvalue weighted by molar-refractivity contribution is 1.21. The monoisotopic (exact) mass is 314 g/mol. The van der Waals surface area contributed by atoms with Crippen LogP contribution in [0.3, 0.4) is 0 Å². The van der Waals surface area contributed by atoms with Crippen LogP contribution in [0.25, 0.3) is 11.0 Å². The molecule has 0 aliphatic heterocycles. The highest BCUT2D eigenvalue weighted by molar-refractivity contribution is 9.10. The van der Waals surface area contributed by atoms with E-state index >= 15 is 0 Å². The number of halogens is 1. The topological polar surface area (TPSA) is 53.1 Å². The molecule has 0 aliphatic carbocycles. The van der Waals surface area contributed by atoms with Crippen molar-refractivity contribution < 1.29 is 0 Å². The number of aromatic nitrogens is 2. The van der Waals surface area contributed by atoms with Gasteiger partial charge in [0, 0.05) is 4.47 Å². The first-order valence-corrected chi connectivity index (χ1v) is 6.60. The molecule has 0 aliphatic rings. The number of anilines is 1. The van der Waals surface area contributed by atoms with Crippen LogP contribution in [0.4, 0.5) is 5.95 Å². The molecule has 0 unspecified atom stereocenters. The second kappa shape index (κ2) is 5.24. The molecule has 1 aromatic heterocycles. The molecule has 0 spiro atoms. The van der Waals surface area contributed by atoms with Crippen LogP contribution < -0.4 is 5.43 Å². The largest absolute Gasteiger partial charge is 0.323 e. The molecule has 2 N–H and O–H groups in total. The Balaban J connectivity index is 1.75. The summed E-state index contributed by atoms with van der Waals surface area (Å²) in [7, 11) is 0. The zero-order valence-electron chi connectivity index (χ0n) is 9.97. The van der Waals surface area contributed by atoms with Crippen LogP contribution in [0, 0.1) is 0 Å². The second-order valence-corrected chi connectivity index (χ2v) is 4.94. The summed E-state index contributed by atoms with van der Waals surface area (Å²) in [6, 6.07) is 15.8. The number of nitrogens with zero attached hydrogens (tertiary/aromatic N) is 2. The van der Waals surface area contributed by atoms with Gasteiger partial charge in [0.05, 0.1) is 17.2 Å². The van der Waals surface area contributed by atoms with E-state index in [1.165, 1.54) is 0 Å². The SMILES string of the molecule is Brc1cccc(/C=N\Nc2nc3ccccc3[nH]2)c1. The van der Waals surface area contributed by atoms with E-state index in [0.29, 0.717) is 5.95 Å². The smallest absolute Gasteiger partial charge is 0.222 e. The molecule has 94 valence electrons. The van der Waals surface area contributed by atoms with Crippen molar-refractivity contribution in [1.29, 1.82) is 0 Å². The van der Waals surface area contributed by atoms with Crippen molar-refractivity contribution in [1.82, 2.24) is 9.97 Å². The maximum atomic E-state index is 4.37. The molecule has 0 fully saturated rings. The number of imidazole rings is 1. The zero-order valence-corrected chi connectivity index (χ0v) is 11.6. The molecule has 0 saturated carbocycles. The fourth-order valence-electron chi connectivity index (χ4n) is 1.76. The summed E-state index contributed by atoms with van der Waals surface area (Å²) in [4.78, 5) is 7.52. The molecule has 0 atom stereocenters. The van der Waals surface area contributed by atoms with Gasteiger partial charge >= 0.3 is 0 Å². The predicted molar refractivity (Wildman–Crippen MR) is 81.5 cm³/mol. The van der Waals surface area contributed by atoms with Gasteiger partial charge in [0.2, 0.25) is 5.95 Å². The summed E-state index contributed by atoms with van der Waals surface area (Å²) >= 11 is 3.42. The molecule has 4 nitrogen and oxygen atoms in total. The fraction of sp³-hybridized carbons (Fsp3) is 0. The lowest BCUT2D eigenvalue weighted by atomic mass is 10.2. The first-order chi connectivity index (χ1) is 9.31. The van der Waals surface area contributed by atoms with E-state index in [1.54, 1.807) is 6.21 Å². The lowest BCUT2D eigenvalue weighted by Crippen LogP contribution is -1.92. The third-order valence-corrected chi connectivity index (χ3v) is 3.12. The minimum absolute atomic E-state index is 0.632. The molecular weight excluding hydrogens is 304 g/mol. The van der Waals surface area contributed by atoms with Crippen LogP contribution in [0.15, 0.2) is 58.1 Å². The maximum absolute atomic E-state index is 4.37. The number of para-hydroxylation sites is 2. The van der Waals surface area contributed by atoms with Crippen molar-refractivity contribution >= 4 is 39.1 Å². The summed E-state index contributed by atoms with van der Waals surface area (Å²) in [5, 5.41) is 4.16. The summed E-state index contributed by atoms with van der Waals surface area (Å²) in [6.07, 6.45) is 1.75. The number of hydrogen-bond donors (Lipinski definition) is 2. The average Bonchev–Trinajstić information content (AvgIpc) is 2.81. The predicted octanol–water partition coefficient (Wildman–Crippen LogP) is 3.77. The van der Waals surface area contributed by atoms with Gasteiger partial charge in [0.15, 0.2) is 0 Å². The van der Waals surface area contributed by atoms with Crippen LogP contribution in [-0.2, 0) is 0 Å². The van der Waals surface area contributed by atoms with Crippen LogP contribution in [0.1, 0.15) is 5.56 Å². The third-order valence-electron chi connectivity index (χ3n) is 2.62. The average molecular weight is 315 g/mol. The van der Waals surface area contributed by atoms with Crippen molar-refractivity contribution in [2.24, 2.45) is 5.10 Å². The molecule has 0 radical (unpaired) electrons. The van der Waals surface area contributed by atoms with Crippen molar-refractivity contribution in [2.75, 3.05) is 5.43 Å². The number of H-pyrrole nitrogens is 1. The number of rotatable bonds is 3. The highest BCUT2D eigenvalue weighted by Gasteiger charge is 1.99. The molecule has 1 heterocycles. The summed E-state index contributed by atoms with van der Waals surface area (Å²) < 4.78 is 1.03. The highest BCUT2D eigenvalue weighted by Crippen LogP contribution is 2.13. The Bertz CT molecular complexity index is 700. The van der Waals surface area contributed by atoms with E-state index in [2.05, 4.69) is 36.4 Å². The minimum Gasteiger partial charge on any atom is -0.323 e. The van der Waals surface area contributed by atoms with Crippen molar-refractivity contribution in [3.8, 4) is 0 Å². The number of benzene rings is 2. The first-order valence-electron chi connectivity index (χ1n) is 5.81. The molecule has 2 aromatic carbocycles. The zero-order chi connectivity index (χ0) is 13.1. The van der Waals surface area contributed by atoms with Gasteiger partial charge in [-0.15, -0.1) is 0 Å². The number of fused-ring (bicyclic) bond motifs is 1. The van der Waals surface area contributed by atoms with Gasteiger partial charge in [-0.2, -0.15) is 5.10 Å². The normalized spacial score (nSPS) is 11.2. The van der Waals surface area contributed by atoms with Crippen LogP contribution >= 0.6 is 15.9 Å². The molecule has 3 rings (SSSR count). The molecule has 0 bridgehead atoms. The highest BCUT2D eigenvalue weighted by atomic mass is 79.9. The lowest BCUT2D eigenvalue weighted by Gasteiger charge is -1.95. The molecule has 0 amide bonds. The number of hydrogen-bond acceptors (Lipinski definition) is 3. The van der Waals surface area contributed by atoms with Crippen LogP contribution in [-0.4, -0.2) is 16.2 Å². The Morgan fingerprint density at radius 1 is 1.16 bits per heavy atom. The van der Waals surface area contributed by atoms with Crippen LogP contribution in [0.5, 0.6) is 0 Å². The van der Waals surface area contributed by atoms with E-state index in [4.69, 9.17) is 0 Å². The first kappa shape index (κ1) is 11.9. The van der Waals surface area contributed by atoms with Crippen molar-refractivity contribution in [3.05, 3.63) is 58.6 Å².